The first-order valence-electron chi connectivity index (χ1n) is 4.41. The van der Waals surface area contributed by atoms with Crippen molar-refractivity contribution in [3.8, 4) is 0 Å². The smallest absolute Gasteiger partial charge is 0.177 e. The summed E-state index contributed by atoms with van der Waals surface area (Å²) in [6.07, 6.45) is 0. The molecule has 0 aromatic carbocycles. The zero-order valence-electron chi connectivity index (χ0n) is 8.57. The molecule has 0 saturated heterocycles. The van der Waals surface area contributed by atoms with Gasteiger partial charge in [-0.3, -0.25) is 0 Å². The van der Waals surface area contributed by atoms with E-state index in [-0.39, 0.29) is 10.8 Å². The number of rotatable bonds is 3. The van der Waals surface area contributed by atoms with Crippen molar-refractivity contribution in [2.24, 2.45) is 5.84 Å². The van der Waals surface area contributed by atoms with E-state index in [1.807, 2.05) is 0 Å². The second-order valence-corrected chi connectivity index (χ2v) is 4.95. The number of aromatic nitrogens is 3. The molecule has 2 aromatic heterocycles. The van der Waals surface area contributed by atoms with Gasteiger partial charge >= 0.3 is 0 Å². The van der Waals surface area contributed by atoms with Crippen LogP contribution in [0.4, 0.5) is 14.6 Å². The maximum Gasteiger partial charge on any atom is 0.177 e. The van der Waals surface area contributed by atoms with Gasteiger partial charge in [0.25, 0.3) is 0 Å². The molecule has 0 radical (unpaired) electrons. The van der Waals surface area contributed by atoms with Crippen LogP contribution in [0.3, 0.4) is 0 Å². The average molecular weight is 275 g/mol. The molecule has 90 valence electrons. The van der Waals surface area contributed by atoms with Gasteiger partial charge < -0.3 is 5.43 Å². The van der Waals surface area contributed by atoms with Crippen LogP contribution in [-0.2, 0) is 0 Å². The normalized spacial score (nSPS) is 10.6. The molecule has 2 heterocycles. The van der Waals surface area contributed by atoms with Gasteiger partial charge in [0.05, 0.1) is 0 Å². The molecule has 0 aliphatic carbocycles. The lowest BCUT2D eigenvalue weighted by molar-refractivity contribution is 0.551. The Balaban J connectivity index is 2.32. The third kappa shape index (κ3) is 2.68. The van der Waals surface area contributed by atoms with Crippen LogP contribution in [0, 0.1) is 18.6 Å². The number of hydrogen-bond donors (Lipinski definition) is 2. The highest BCUT2D eigenvalue weighted by Gasteiger charge is 2.14. The molecule has 0 spiro atoms. The van der Waals surface area contributed by atoms with Gasteiger partial charge in [0.1, 0.15) is 10.9 Å². The largest absolute Gasteiger partial charge is 0.306 e. The van der Waals surface area contributed by atoms with E-state index in [4.69, 9.17) is 5.84 Å². The van der Waals surface area contributed by atoms with Crippen LogP contribution in [0.2, 0.25) is 0 Å². The van der Waals surface area contributed by atoms with E-state index in [1.165, 1.54) is 0 Å². The summed E-state index contributed by atoms with van der Waals surface area (Å²) >= 11 is 2.09. The van der Waals surface area contributed by atoms with Crippen molar-refractivity contribution in [3.63, 3.8) is 0 Å². The molecule has 3 N–H and O–H groups in total. The van der Waals surface area contributed by atoms with Crippen LogP contribution in [0.5, 0.6) is 0 Å². The molecule has 2 rings (SSSR count). The molecule has 0 unspecified atom stereocenters. The number of aryl methyl sites for hydroxylation is 1. The number of hydrazine groups is 1. The number of nitrogen functional groups attached to an aromatic ring is 1. The van der Waals surface area contributed by atoms with Gasteiger partial charge in [0.15, 0.2) is 21.8 Å². The quantitative estimate of drug-likeness (QED) is 0.658. The monoisotopic (exact) mass is 275 g/mol. The van der Waals surface area contributed by atoms with Gasteiger partial charge in [-0.1, -0.05) is 0 Å². The first kappa shape index (κ1) is 12.1. The SMILES string of the molecule is Cc1nsc(Sc2nc(NN)c(F)cc2F)n1. The first-order chi connectivity index (χ1) is 8.10. The van der Waals surface area contributed by atoms with E-state index in [2.05, 4.69) is 19.8 Å². The topological polar surface area (TPSA) is 76.7 Å². The molecule has 0 saturated carbocycles. The van der Waals surface area contributed by atoms with Crippen molar-refractivity contribution in [1.29, 1.82) is 0 Å². The van der Waals surface area contributed by atoms with Crippen LogP contribution in [0.1, 0.15) is 5.82 Å². The number of pyridine rings is 1. The number of hydrogen-bond acceptors (Lipinski definition) is 7. The van der Waals surface area contributed by atoms with Crippen molar-refractivity contribution < 1.29 is 8.78 Å². The summed E-state index contributed by atoms with van der Waals surface area (Å²) in [4.78, 5) is 7.75. The fourth-order valence-electron chi connectivity index (χ4n) is 1.02. The summed E-state index contributed by atoms with van der Waals surface area (Å²) in [5.74, 6) is 3.83. The maximum absolute atomic E-state index is 13.4. The number of nitrogens with two attached hydrogens (primary N) is 1. The molecule has 0 aliphatic heterocycles. The molecule has 2 aromatic rings. The highest BCUT2D eigenvalue weighted by molar-refractivity contribution is 8.00. The van der Waals surface area contributed by atoms with E-state index in [0.717, 1.165) is 29.4 Å². The van der Waals surface area contributed by atoms with Crippen LogP contribution in [0.25, 0.3) is 0 Å². The highest BCUT2D eigenvalue weighted by atomic mass is 32.2. The van der Waals surface area contributed by atoms with Crippen molar-refractivity contribution >= 4 is 29.1 Å². The Labute approximate surface area is 104 Å². The Bertz CT molecular complexity index is 545. The molecule has 5 nitrogen and oxygen atoms in total. The second-order valence-electron chi connectivity index (χ2n) is 2.96. The van der Waals surface area contributed by atoms with Crippen molar-refractivity contribution in [2.45, 2.75) is 16.3 Å². The van der Waals surface area contributed by atoms with E-state index >= 15 is 0 Å². The summed E-state index contributed by atoms with van der Waals surface area (Å²) in [5.41, 5.74) is 2.06. The van der Waals surface area contributed by atoms with E-state index < -0.39 is 11.6 Å². The van der Waals surface area contributed by atoms with Crippen LogP contribution >= 0.6 is 23.3 Å². The van der Waals surface area contributed by atoms with Crippen molar-refractivity contribution in [1.82, 2.24) is 14.3 Å². The molecular formula is C8H7F2N5S2. The minimum atomic E-state index is -0.845. The molecule has 17 heavy (non-hydrogen) atoms. The number of nitrogens with one attached hydrogen (secondary N) is 1. The van der Waals surface area contributed by atoms with Gasteiger partial charge in [0.2, 0.25) is 0 Å². The van der Waals surface area contributed by atoms with Crippen LogP contribution in [-0.4, -0.2) is 14.3 Å². The van der Waals surface area contributed by atoms with Crippen molar-refractivity contribution in [3.05, 3.63) is 23.5 Å². The third-order valence-corrected chi connectivity index (χ3v) is 3.55. The molecule has 0 bridgehead atoms. The lowest BCUT2D eigenvalue weighted by Crippen LogP contribution is -2.11. The Hall–Kier alpha value is -1.32. The maximum atomic E-state index is 13.4. The standard InChI is InChI=1S/C8H7F2N5S2/c1-3-12-8(17-15-3)16-7-5(10)2-4(9)6(13-7)14-11/h2H,11H2,1H3,(H,13,14). The minimum Gasteiger partial charge on any atom is -0.306 e. The summed E-state index contributed by atoms with van der Waals surface area (Å²) in [5, 5.41) is -0.00417. The van der Waals surface area contributed by atoms with E-state index in [9.17, 15) is 8.78 Å². The summed E-state index contributed by atoms with van der Waals surface area (Å²) in [7, 11) is 0. The number of nitrogens with zero attached hydrogens (tertiary/aromatic N) is 3. The Kier molecular flexibility index (Phi) is 3.50. The van der Waals surface area contributed by atoms with E-state index in [0.29, 0.717) is 10.2 Å². The van der Waals surface area contributed by atoms with E-state index in [1.54, 1.807) is 6.92 Å². The number of anilines is 1. The van der Waals surface area contributed by atoms with Crippen LogP contribution < -0.4 is 11.3 Å². The van der Waals surface area contributed by atoms with Crippen LogP contribution in [0.15, 0.2) is 15.4 Å². The van der Waals surface area contributed by atoms with Gasteiger partial charge in [-0.15, -0.1) is 0 Å². The summed E-state index contributed by atoms with van der Waals surface area (Å²) in [6, 6.07) is 0.721. The van der Waals surface area contributed by atoms with Gasteiger partial charge in [-0.25, -0.2) is 24.6 Å². The number of halogens is 2. The van der Waals surface area contributed by atoms with Gasteiger partial charge in [-0.2, -0.15) is 4.37 Å². The average Bonchev–Trinajstić information content (AvgIpc) is 2.68. The fourth-order valence-corrected chi connectivity index (χ4v) is 2.58. The minimum absolute atomic E-state index is 0.00417. The summed E-state index contributed by atoms with van der Waals surface area (Å²) < 4.78 is 31.0. The first-order valence-corrected chi connectivity index (χ1v) is 6.00. The zero-order valence-corrected chi connectivity index (χ0v) is 10.2. The summed E-state index contributed by atoms with van der Waals surface area (Å²) in [6.45, 7) is 1.72. The Morgan fingerprint density at radius 2 is 2.12 bits per heavy atom. The molecule has 9 heteroatoms. The van der Waals surface area contributed by atoms with Crippen molar-refractivity contribution in [2.75, 3.05) is 5.43 Å². The van der Waals surface area contributed by atoms with Gasteiger partial charge in [-0.05, 0) is 30.2 Å². The predicted octanol–water partition coefficient (Wildman–Crippen LogP) is 1.96. The van der Waals surface area contributed by atoms with Gasteiger partial charge in [0, 0.05) is 6.07 Å². The second kappa shape index (κ2) is 4.90. The zero-order chi connectivity index (χ0) is 12.4. The highest BCUT2D eigenvalue weighted by Crippen LogP contribution is 2.30. The Morgan fingerprint density at radius 3 is 2.71 bits per heavy atom. The lowest BCUT2D eigenvalue weighted by atomic mass is 10.4. The lowest BCUT2D eigenvalue weighted by Gasteiger charge is -2.04. The molecular weight excluding hydrogens is 268 g/mol. The molecule has 0 aliphatic rings. The fraction of sp³-hybridized carbons (Fsp3) is 0.125. The molecule has 0 amide bonds. The Morgan fingerprint density at radius 1 is 1.35 bits per heavy atom. The molecule has 0 fully saturated rings. The third-order valence-electron chi connectivity index (χ3n) is 1.73. The predicted molar refractivity (Wildman–Crippen MR) is 60.7 cm³/mol. The molecule has 0 atom stereocenters.